The predicted molar refractivity (Wildman–Crippen MR) is 121 cm³/mol. The normalized spacial score (nSPS) is 38.8. The number of carbonyl (C=O) groups excluding carboxylic acids is 2. The highest BCUT2D eigenvalue weighted by molar-refractivity contribution is 7.61. The average molecular weight is 589 g/mol. The molecule has 0 saturated carbocycles. The van der Waals surface area contributed by atoms with E-state index >= 15 is 0 Å². The number of phosphoric ester groups is 2. The zero-order valence-corrected chi connectivity index (χ0v) is 21.8. The summed E-state index contributed by atoms with van der Waals surface area (Å²) < 4.78 is 48.7. The molecule has 0 bridgehead atoms. The Balaban J connectivity index is 1.59. The molecular formula is C18H29N3O15P2. The lowest BCUT2D eigenvalue weighted by atomic mass is 9.97. The van der Waals surface area contributed by atoms with Crippen LogP contribution in [-0.2, 0) is 41.6 Å². The minimum atomic E-state index is -5.50. The molecular weight excluding hydrogens is 560 g/mol. The minimum absolute atomic E-state index is 0.0135. The fourth-order valence-electron chi connectivity index (χ4n) is 3.82. The summed E-state index contributed by atoms with van der Waals surface area (Å²) in [4.78, 5) is 43.8. The van der Waals surface area contributed by atoms with Crippen molar-refractivity contribution >= 4 is 27.5 Å². The molecule has 0 radical (unpaired) electrons. The van der Waals surface area contributed by atoms with Gasteiger partial charge in [0.05, 0.1) is 18.8 Å². The van der Waals surface area contributed by atoms with Gasteiger partial charge < -0.3 is 55.2 Å². The second-order valence-corrected chi connectivity index (χ2v) is 11.5. The number of hydrogen-bond acceptors (Lipinski definition) is 14. The van der Waals surface area contributed by atoms with Gasteiger partial charge in [0, 0.05) is 19.2 Å². The molecule has 3 heterocycles. The Labute approximate surface area is 215 Å². The van der Waals surface area contributed by atoms with E-state index in [0.717, 1.165) is 13.0 Å². The highest BCUT2D eigenvalue weighted by atomic mass is 31.3. The Morgan fingerprint density at radius 1 is 1.13 bits per heavy atom. The van der Waals surface area contributed by atoms with Crippen LogP contribution in [-0.4, -0.2) is 109 Å². The second-order valence-electron chi connectivity index (χ2n) is 8.54. The first kappa shape index (κ1) is 30.8. The Morgan fingerprint density at radius 3 is 2.39 bits per heavy atom. The highest BCUT2D eigenvalue weighted by Crippen LogP contribution is 2.61. The van der Waals surface area contributed by atoms with Gasteiger partial charge in [-0.05, 0) is 6.92 Å². The monoisotopic (exact) mass is 589 g/mol. The van der Waals surface area contributed by atoms with Crippen molar-refractivity contribution in [1.82, 2.24) is 15.5 Å². The maximum atomic E-state index is 12.4. The maximum absolute atomic E-state index is 12.4. The summed E-state index contributed by atoms with van der Waals surface area (Å²) in [5.74, 6) is -1.12. The van der Waals surface area contributed by atoms with Gasteiger partial charge in [-0.25, -0.2) is 9.13 Å². The zero-order valence-electron chi connectivity index (χ0n) is 20.0. The molecule has 20 heteroatoms. The number of aliphatic hydroxyl groups excluding tert-OH is 4. The van der Waals surface area contributed by atoms with Crippen molar-refractivity contribution in [2.24, 2.45) is 0 Å². The van der Waals surface area contributed by atoms with E-state index in [1.807, 2.05) is 0 Å². The average Bonchev–Trinajstić information content (AvgIpc) is 3.06. The number of rotatable bonds is 9. The summed E-state index contributed by atoms with van der Waals surface area (Å²) in [5.41, 5.74) is 0. The lowest BCUT2D eigenvalue weighted by Crippen LogP contribution is -2.63. The van der Waals surface area contributed by atoms with E-state index in [2.05, 4.69) is 30.6 Å². The Bertz CT molecular complexity index is 1060. The SMILES string of the molecule is C=C1NC(=O)C=CN1[C@@H]1O[C@H](COP(=O)(O)OP(=O)(O)O[C@@H]2OC(C)[C@H](O)[C@H](NC(C)=O)C2O)C(O)[C@@H]1O. The molecule has 8 N–H and O–H groups in total. The summed E-state index contributed by atoms with van der Waals surface area (Å²) in [5, 5.41) is 45.5. The second kappa shape index (κ2) is 11.8. The number of nitrogens with one attached hydrogen (secondary N) is 2. The van der Waals surface area contributed by atoms with Crippen molar-refractivity contribution in [3.8, 4) is 0 Å². The van der Waals surface area contributed by atoms with Crippen molar-refractivity contribution in [1.29, 1.82) is 0 Å². The standard InChI is InChI=1S/C18H29N3O15P2/c1-7-13(24)12(20-9(3)22)15(26)18(33-7)35-38(30,31)36-37(28,29)32-6-10-14(25)16(27)17(34-10)21-5-4-11(23)19-8(21)2/h4-5,7,10,12-18,24-27H,2,6H2,1,3H3,(H,19,23)(H,20,22)(H,28,29)(H,30,31)/t7?,10-,12+,13+,14?,15?,16+,17-,18+/m1/s1. The largest absolute Gasteiger partial charge is 0.483 e. The first-order chi connectivity index (χ1) is 17.5. The van der Waals surface area contributed by atoms with Crippen LogP contribution in [0.3, 0.4) is 0 Å². The van der Waals surface area contributed by atoms with Crippen molar-refractivity contribution < 1.29 is 71.8 Å². The molecule has 2 saturated heterocycles. The Kier molecular flexibility index (Phi) is 9.53. The Hall–Kier alpha value is -1.76. The van der Waals surface area contributed by atoms with Crippen molar-refractivity contribution in [2.75, 3.05) is 6.61 Å². The van der Waals surface area contributed by atoms with E-state index in [-0.39, 0.29) is 5.82 Å². The summed E-state index contributed by atoms with van der Waals surface area (Å²) in [7, 11) is -10.9. The third-order valence-corrected chi connectivity index (χ3v) is 8.24. The van der Waals surface area contributed by atoms with Gasteiger partial charge in [0.2, 0.25) is 5.91 Å². The molecule has 38 heavy (non-hydrogen) atoms. The number of aliphatic hydroxyl groups is 4. The van der Waals surface area contributed by atoms with Crippen molar-refractivity contribution in [3.63, 3.8) is 0 Å². The van der Waals surface area contributed by atoms with Crippen LogP contribution in [0.25, 0.3) is 0 Å². The molecule has 0 aromatic heterocycles. The molecule has 3 aliphatic heterocycles. The zero-order chi connectivity index (χ0) is 28.6. The molecule has 0 aliphatic carbocycles. The smallest absolute Gasteiger partial charge is 0.388 e. The van der Waals surface area contributed by atoms with Gasteiger partial charge in [0.1, 0.15) is 36.3 Å². The van der Waals surface area contributed by atoms with Gasteiger partial charge in [0.25, 0.3) is 5.91 Å². The molecule has 0 spiro atoms. The number of hydrogen-bond donors (Lipinski definition) is 8. The summed E-state index contributed by atoms with van der Waals surface area (Å²) in [6.45, 7) is 5.06. The number of ether oxygens (including phenoxy) is 2. The van der Waals surface area contributed by atoms with E-state index < -0.39 is 89.3 Å². The van der Waals surface area contributed by atoms with Gasteiger partial charge in [-0.1, -0.05) is 6.58 Å². The Morgan fingerprint density at radius 2 is 1.79 bits per heavy atom. The van der Waals surface area contributed by atoms with Crippen LogP contribution in [0.4, 0.5) is 0 Å². The van der Waals surface area contributed by atoms with E-state index in [1.54, 1.807) is 0 Å². The summed E-state index contributed by atoms with van der Waals surface area (Å²) in [6, 6.07) is -1.38. The van der Waals surface area contributed by atoms with Crippen LogP contribution in [0.2, 0.25) is 0 Å². The van der Waals surface area contributed by atoms with Crippen LogP contribution in [0.15, 0.2) is 24.7 Å². The lowest BCUT2D eigenvalue weighted by Gasteiger charge is -2.41. The van der Waals surface area contributed by atoms with E-state index in [0.29, 0.717) is 0 Å². The molecule has 2 fully saturated rings. The van der Waals surface area contributed by atoms with Gasteiger partial charge in [-0.15, -0.1) is 0 Å². The molecule has 216 valence electrons. The molecule has 11 atom stereocenters. The minimum Gasteiger partial charge on any atom is -0.388 e. The topological polar surface area (TPSA) is 263 Å². The summed E-state index contributed by atoms with van der Waals surface area (Å²) >= 11 is 0. The van der Waals surface area contributed by atoms with Gasteiger partial charge in [0.15, 0.2) is 12.5 Å². The number of amides is 2. The van der Waals surface area contributed by atoms with Crippen molar-refractivity contribution in [3.05, 3.63) is 24.7 Å². The van der Waals surface area contributed by atoms with Gasteiger partial charge >= 0.3 is 15.6 Å². The first-order valence-corrected chi connectivity index (χ1v) is 14.0. The first-order valence-electron chi connectivity index (χ1n) is 11.0. The quantitative estimate of drug-likeness (QED) is 0.125. The van der Waals surface area contributed by atoms with Crippen molar-refractivity contribution in [2.45, 2.75) is 69.0 Å². The van der Waals surface area contributed by atoms with Crippen LogP contribution >= 0.6 is 15.6 Å². The predicted octanol–water partition coefficient (Wildman–Crippen LogP) is -2.93. The summed E-state index contributed by atoms with van der Waals surface area (Å²) in [6.07, 6.45) is -10.1. The van der Waals surface area contributed by atoms with Crippen LogP contribution < -0.4 is 10.6 Å². The third-order valence-electron chi connectivity index (χ3n) is 5.64. The third kappa shape index (κ3) is 7.25. The van der Waals surface area contributed by atoms with Gasteiger partial charge in [-0.3, -0.25) is 18.6 Å². The molecule has 0 aromatic rings. The highest BCUT2D eigenvalue weighted by Gasteiger charge is 2.50. The molecule has 3 rings (SSSR count). The number of phosphoric acid groups is 2. The van der Waals surface area contributed by atoms with Gasteiger partial charge in [-0.2, -0.15) is 4.31 Å². The van der Waals surface area contributed by atoms with Crippen LogP contribution in [0.5, 0.6) is 0 Å². The van der Waals surface area contributed by atoms with E-state index in [1.165, 1.54) is 18.0 Å². The number of carbonyl (C=O) groups is 2. The molecule has 3 aliphatic rings. The van der Waals surface area contributed by atoms with Crippen LogP contribution in [0.1, 0.15) is 13.8 Å². The molecule has 0 aromatic carbocycles. The fraction of sp³-hybridized carbons (Fsp3) is 0.667. The van der Waals surface area contributed by atoms with E-state index in [4.69, 9.17) is 9.47 Å². The number of nitrogens with zero attached hydrogens (tertiary/aromatic N) is 1. The fourth-order valence-corrected chi connectivity index (χ4v) is 5.98. The molecule has 2 amide bonds. The van der Waals surface area contributed by atoms with Crippen LogP contribution in [0, 0.1) is 0 Å². The maximum Gasteiger partial charge on any atom is 0.483 e. The lowest BCUT2D eigenvalue weighted by molar-refractivity contribution is -0.244. The molecule has 5 unspecified atom stereocenters. The van der Waals surface area contributed by atoms with E-state index in [9.17, 15) is 48.9 Å². The molecule has 18 nitrogen and oxygen atoms in total.